The van der Waals surface area contributed by atoms with E-state index < -0.39 is 5.91 Å². The molecule has 0 saturated carbocycles. The molecule has 142 valence electrons. The number of halogens is 1. The standard InChI is InChI=1S/C20H23FN4O2/c21-16-5-3-15(4-6-16)11-19(26)25-8-1-2-14(7-9-25)10-17-12-18(20(22)27)24-13-23-17/h3-6,12-14H,1-2,7-11H2,(H2,22,27)/t14-/m1/s1. The largest absolute Gasteiger partial charge is 0.364 e. The highest BCUT2D eigenvalue weighted by Gasteiger charge is 2.21. The second-order valence-corrected chi connectivity index (χ2v) is 6.94. The van der Waals surface area contributed by atoms with Crippen molar-refractivity contribution in [2.75, 3.05) is 13.1 Å². The molecule has 0 unspecified atom stereocenters. The molecule has 0 aliphatic carbocycles. The van der Waals surface area contributed by atoms with E-state index in [1.165, 1.54) is 18.5 Å². The number of carbonyl (C=O) groups excluding carboxylic acids is 2. The summed E-state index contributed by atoms with van der Waals surface area (Å²) in [4.78, 5) is 33.8. The quantitative estimate of drug-likeness (QED) is 0.873. The number of aromatic nitrogens is 2. The summed E-state index contributed by atoms with van der Waals surface area (Å²) < 4.78 is 13.0. The minimum absolute atomic E-state index is 0.0697. The van der Waals surface area contributed by atoms with Crippen molar-refractivity contribution in [3.05, 3.63) is 59.4 Å². The molecule has 1 aromatic heterocycles. The Bertz CT molecular complexity index is 810. The molecule has 1 aromatic carbocycles. The predicted molar refractivity (Wildman–Crippen MR) is 98.3 cm³/mol. The molecule has 0 bridgehead atoms. The van der Waals surface area contributed by atoms with Crippen LogP contribution in [0.2, 0.25) is 0 Å². The van der Waals surface area contributed by atoms with Gasteiger partial charge in [0.2, 0.25) is 5.91 Å². The average Bonchev–Trinajstić information content (AvgIpc) is 2.89. The fourth-order valence-corrected chi connectivity index (χ4v) is 3.45. The lowest BCUT2D eigenvalue weighted by atomic mass is 9.95. The van der Waals surface area contributed by atoms with Gasteiger partial charge in [0.1, 0.15) is 17.8 Å². The number of nitrogens with two attached hydrogens (primary N) is 1. The van der Waals surface area contributed by atoms with Gasteiger partial charge >= 0.3 is 0 Å². The maximum absolute atomic E-state index is 13.0. The molecule has 0 spiro atoms. The number of primary amides is 1. The molecule has 1 fully saturated rings. The Hall–Kier alpha value is -2.83. The van der Waals surface area contributed by atoms with E-state index in [9.17, 15) is 14.0 Å². The first-order valence-electron chi connectivity index (χ1n) is 9.14. The van der Waals surface area contributed by atoms with Gasteiger partial charge in [-0.05, 0) is 55.4 Å². The molecule has 2 heterocycles. The Morgan fingerprint density at radius 2 is 1.93 bits per heavy atom. The molecule has 1 saturated heterocycles. The number of hydrogen-bond donors (Lipinski definition) is 1. The first-order chi connectivity index (χ1) is 13.0. The van der Waals surface area contributed by atoms with E-state index in [1.54, 1.807) is 18.2 Å². The van der Waals surface area contributed by atoms with Gasteiger partial charge in [-0.1, -0.05) is 12.1 Å². The smallest absolute Gasteiger partial charge is 0.267 e. The van der Waals surface area contributed by atoms with Crippen LogP contribution in [0.4, 0.5) is 4.39 Å². The Morgan fingerprint density at radius 3 is 2.67 bits per heavy atom. The van der Waals surface area contributed by atoms with E-state index in [4.69, 9.17) is 5.73 Å². The molecule has 0 radical (unpaired) electrons. The number of rotatable bonds is 5. The van der Waals surface area contributed by atoms with E-state index >= 15 is 0 Å². The summed E-state index contributed by atoms with van der Waals surface area (Å²) in [6.07, 6.45) is 5.20. The van der Waals surface area contributed by atoms with Crippen LogP contribution in [0.25, 0.3) is 0 Å². The molecule has 27 heavy (non-hydrogen) atoms. The maximum atomic E-state index is 13.0. The average molecular weight is 370 g/mol. The Morgan fingerprint density at radius 1 is 1.15 bits per heavy atom. The van der Waals surface area contributed by atoms with Gasteiger partial charge in [-0.2, -0.15) is 0 Å². The zero-order chi connectivity index (χ0) is 19.2. The van der Waals surface area contributed by atoms with Gasteiger partial charge in [0.25, 0.3) is 5.91 Å². The first kappa shape index (κ1) is 18.9. The van der Waals surface area contributed by atoms with Crippen molar-refractivity contribution in [3.63, 3.8) is 0 Å². The minimum Gasteiger partial charge on any atom is -0.364 e. The molecule has 1 atom stereocenters. The molecule has 7 heteroatoms. The summed E-state index contributed by atoms with van der Waals surface area (Å²) >= 11 is 0. The van der Waals surface area contributed by atoms with E-state index in [2.05, 4.69) is 9.97 Å². The van der Waals surface area contributed by atoms with Gasteiger partial charge in [-0.15, -0.1) is 0 Å². The zero-order valence-electron chi connectivity index (χ0n) is 15.1. The van der Waals surface area contributed by atoms with Crippen LogP contribution in [-0.2, 0) is 17.6 Å². The number of hydrogen-bond acceptors (Lipinski definition) is 4. The van der Waals surface area contributed by atoms with Crippen LogP contribution in [0, 0.1) is 11.7 Å². The number of amides is 2. The minimum atomic E-state index is -0.558. The monoisotopic (exact) mass is 370 g/mol. The summed E-state index contributed by atoms with van der Waals surface area (Å²) in [5.74, 6) is -0.394. The third-order valence-corrected chi connectivity index (χ3v) is 4.94. The summed E-state index contributed by atoms with van der Waals surface area (Å²) in [6.45, 7) is 1.42. The fourth-order valence-electron chi connectivity index (χ4n) is 3.45. The van der Waals surface area contributed by atoms with Crippen molar-refractivity contribution in [3.8, 4) is 0 Å². The van der Waals surface area contributed by atoms with Gasteiger partial charge < -0.3 is 10.6 Å². The van der Waals surface area contributed by atoms with Crippen LogP contribution in [0.1, 0.15) is 41.0 Å². The Labute approximate surface area is 157 Å². The zero-order valence-corrected chi connectivity index (χ0v) is 15.1. The molecular formula is C20H23FN4O2. The van der Waals surface area contributed by atoms with Crippen LogP contribution in [0.15, 0.2) is 36.7 Å². The fraction of sp³-hybridized carbons (Fsp3) is 0.400. The second-order valence-electron chi connectivity index (χ2n) is 6.94. The van der Waals surface area contributed by atoms with Crippen molar-refractivity contribution < 1.29 is 14.0 Å². The van der Waals surface area contributed by atoms with Crippen molar-refractivity contribution in [2.24, 2.45) is 11.7 Å². The van der Waals surface area contributed by atoms with Gasteiger partial charge in [-0.3, -0.25) is 9.59 Å². The van der Waals surface area contributed by atoms with E-state index in [1.807, 2.05) is 4.90 Å². The normalized spacial score (nSPS) is 17.4. The summed E-state index contributed by atoms with van der Waals surface area (Å²) in [7, 11) is 0. The summed E-state index contributed by atoms with van der Waals surface area (Å²) in [5, 5.41) is 0. The third-order valence-electron chi connectivity index (χ3n) is 4.94. The number of benzene rings is 1. The number of carbonyl (C=O) groups is 2. The van der Waals surface area contributed by atoms with Gasteiger partial charge in [-0.25, -0.2) is 14.4 Å². The molecule has 1 aliphatic rings. The van der Waals surface area contributed by atoms with E-state index in [0.717, 1.165) is 43.5 Å². The molecule has 2 aromatic rings. The van der Waals surface area contributed by atoms with Crippen molar-refractivity contribution in [2.45, 2.75) is 32.1 Å². The third kappa shape index (κ3) is 5.32. The highest BCUT2D eigenvalue weighted by atomic mass is 19.1. The van der Waals surface area contributed by atoms with Crippen LogP contribution in [-0.4, -0.2) is 39.8 Å². The first-order valence-corrected chi connectivity index (χ1v) is 9.14. The molecule has 2 amide bonds. The summed E-state index contributed by atoms with van der Waals surface area (Å²) in [5.41, 5.74) is 7.12. The molecule has 2 N–H and O–H groups in total. The Balaban J connectivity index is 1.55. The van der Waals surface area contributed by atoms with Crippen molar-refractivity contribution >= 4 is 11.8 Å². The molecular weight excluding hydrogens is 347 g/mol. The van der Waals surface area contributed by atoms with E-state index in [-0.39, 0.29) is 17.4 Å². The number of likely N-dealkylation sites (tertiary alicyclic amines) is 1. The van der Waals surface area contributed by atoms with Crippen LogP contribution in [0.3, 0.4) is 0 Å². The number of nitrogens with zero attached hydrogens (tertiary/aromatic N) is 3. The highest BCUT2D eigenvalue weighted by molar-refractivity contribution is 5.90. The molecule has 6 nitrogen and oxygen atoms in total. The van der Waals surface area contributed by atoms with Crippen LogP contribution in [0.5, 0.6) is 0 Å². The van der Waals surface area contributed by atoms with Crippen molar-refractivity contribution in [1.82, 2.24) is 14.9 Å². The predicted octanol–water partition coefficient (Wildman–Crippen LogP) is 2.13. The lowest BCUT2D eigenvalue weighted by Gasteiger charge is -2.21. The van der Waals surface area contributed by atoms with Crippen LogP contribution >= 0.6 is 0 Å². The summed E-state index contributed by atoms with van der Waals surface area (Å²) in [6, 6.07) is 7.70. The highest BCUT2D eigenvalue weighted by Crippen LogP contribution is 2.22. The molecule has 3 rings (SSSR count). The SMILES string of the molecule is NC(=O)c1cc(C[C@@H]2CCCN(C(=O)Cc3ccc(F)cc3)CC2)ncn1. The van der Waals surface area contributed by atoms with Gasteiger partial charge in [0.15, 0.2) is 0 Å². The van der Waals surface area contributed by atoms with E-state index in [0.29, 0.717) is 18.9 Å². The maximum Gasteiger partial charge on any atom is 0.267 e. The van der Waals surface area contributed by atoms with Gasteiger partial charge in [0, 0.05) is 18.8 Å². The van der Waals surface area contributed by atoms with Crippen LogP contribution < -0.4 is 5.73 Å². The van der Waals surface area contributed by atoms with Crippen molar-refractivity contribution in [1.29, 1.82) is 0 Å². The topological polar surface area (TPSA) is 89.2 Å². The Kier molecular flexibility index (Phi) is 6.11. The molecule has 1 aliphatic heterocycles. The second kappa shape index (κ2) is 8.70. The van der Waals surface area contributed by atoms with Gasteiger partial charge in [0.05, 0.1) is 6.42 Å². The lowest BCUT2D eigenvalue weighted by molar-refractivity contribution is -0.130. The lowest BCUT2D eigenvalue weighted by Crippen LogP contribution is -2.33.